The first-order valence-electron chi connectivity index (χ1n) is 8.61. The summed E-state index contributed by atoms with van der Waals surface area (Å²) in [4.78, 5) is 7.23. The predicted molar refractivity (Wildman–Crippen MR) is 91.4 cm³/mol. The minimum Gasteiger partial charge on any atom is -0.493 e. The zero-order valence-corrected chi connectivity index (χ0v) is 14.3. The number of benzene rings is 1. The zero-order chi connectivity index (χ0) is 16.2. The van der Waals surface area contributed by atoms with Gasteiger partial charge in [0.25, 0.3) is 0 Å². The molecule has 1 aliphatic rings. The lowest BCUT2D eigenvalue weighted by Gasteiger charge is -2.38. The van der Waals surface area contributed by atoms with E-state index < -0.39 is 0 Å². The van der Waals surface area contributed by atoms with E-state index in [2.05, 4.69) is 18.7 Å². The second-order valence-electron chi connectivity index (χ2n) is 6.37. The second kappa shape index (κ2) is 7.18. The number of hydrogen-bond donors (Lipinski definition) is 0. The van der Waals surface area contributed by atoms with E-state index in [1.165, 1.54) is 19.3 Å². The highest BCUT2D eigenvalue weighted by Crippen LogP contribution is 2.30. The number of hydrogen-bond acceptors (Lipinski definition) is 4. The minimum absolute atomic E-state index is 0.606. The molecule has 3 rings (SSSR count). The minimum atomic E-state index is 0.606. The van der Waals surface area contributed by atoms with Crippen molar-refractivity contribution in [3.05, 3.63) is 36.2 Å². The van der Waals surface area contributed by atoms with E-state index in [9.17, 15) is 0 Å². The molecule has 2 atom stereocenters. The van der Waals surface area contributed by atoms with Crippen LogP contribution in [0.3, 0.4) is 0 Å². The largest absolute Gasteiger partial charge is 0.493 e. The first-order valence-corrected chi connectivity index (χ1v) is 8.61. The lowest BCUT2D eigenvalue weighted by Crippen LogP contribution is -2.43. The molecule has 0 aliphatic carbocycles. The molecule has 1 fully saturated rings. The van der Waals surface area contributed by atoms with Gasteiger partial charge < -0.3 is 9.15 Å². The summed E-state index contributed by atoms with van der Waals surface area (Å²) in [5.74, 6) is 1.46. The summed E-state index contributed by atoms with van der Waals surface area (Å²) < 4.78 is 11.4. The smallest absolute Gasteiger partial charge is 0.229 e. The van der Waals surface area contributed by atoms with E-state index in [4.69, 9.17) is 14.1 Å². The van der Waals surface area contributed by atoms with Crippen molar-refractivity contribution in [2.24, 2.45) is 0 Å². The lowest BCUT2D eigenvalue weighted by atomic mass is 9.97. The van der Waals surface area contributed by atoms with Crippen molar-refractivity contribution in [1.82, 2.24) is 9.88 Å². The van der Waals surface area contributed by atoms with Crippen molar-refractivity contribution in [2.45, 2.75) is 58.7 Å². The highest BCUT2D eigenvalue weighted by Gasteiger charge is 2.25. The predicted octanol–water partition coefficient (Wildman–Crippen LogP) is 4.50. The highest BCUT2D eigenvalue weighted by molar-refractivity contribution is 5.62. The fourth-order valence-electron chi connectivity index (χ4n) is 3.40. The molecule has 0 unspecified atom stereocenters. The van der Waals surface area contributed by atoms with Crippen LogP contribution >= 0.6 is 0 Å². The van der Waals surface area contributed by atoms with Crippen LogP contribution in [-0.2, 0) is 6.54 Å². The Morgan fingerprint density at radius 2 is 1.96 bits per heavy atom. The van der Waals surface area contributed by atoms with E-state index in [1.807, 2.05) is 31.2 Å². The standard InChI is InChI=1S/C19H26N2O2/c1-4-22-18-11-6-5-10-17(18)19-20-16(13-23-19)12-21-14(2)8-7-9-15(21)3/h5-6,10-11,13-15H,4,7-9,12H2,1-3H3/t14-,15+. The topological polar surface area (TPSA) is 38.5 Å². The molecular weight excluding hydrogens is 288 g/mol. The van der Waals surface area contributed by atoms with Gasteiger partial charge in [-0.05, 0) is 45.7 Å². The maximum atomic E-state index is 5.73. The molecule has 1 aliphatic heterocycles. The van der Waals surface area contributed by atoms with Crippen molar-refractivity contribution < 1.29 is 9.15 Å². The summed E-state index contributed by atoms with van der Waals surface area (Å²) in [5.41, 5.74) is 1.91. The number of likely N-dealkylation sites (tertiary alicyclic amines) is 1. The fraction of sp³-hybridized carbons (Fsp3) is 0.526. The molecule has 4 heteroatoms. The van der Waals surface area contributed by atoms with Gasteiger partial charge >= 0.3 is 0 Å². The Balaban J connectivity index is 1.78. The summed E-state index contributed by atoms with van der Waals surface area (Å²) in [7, 11) is 0. The number of ether oxygens (including phenoxy) is 1. The van der Waals surface area contributed by atoms with E-state index in [0.29, 0.717) is 24.6 Å². The Bertz CT molecular complexity index is 628. The molecule has 0 bridgehead atoms. The van der Waals surface area contributed by atoms with Crippen LogP contribution in [0.1, 0.15) is 45.7 Å². The molecule has 0 saturated carbocycles. The summed E-state index contributed by atoms with van der Waals surface area (Å²) in [5, 5.41) is 0. The van der Waals surface area contributed by atoms with Crippen LogP contribution in [0.2, 0.25) is 0 Å². The zero-order valence-electron chi connectivity index (χ0n) is 14.3. The van der Waals surface area contributed by atoms with Crippen LogP contribution in [0.5, 0.6) is 5.75 Å². The van der Waals surface area contributed by atoms with Gasteiger partial charge in [0.2, 0.25) is 5.89 Å². The average molecular weight is 314 g/mol. The molecule has 0 spiro atoms. The molecular formula is C19H26N2O2. The molecule has 124 valence electrons. The van der Waals surface area contributed by atoms with Gasteiger partial charge in [-0.2, -0.15) is 0 Å². The molecule has 1 aromatic heterocycles. The Labute approximate surface area is 138 Å². The molecule has 2 aromatic rings. The van der Waals surface area contributed by atoms with Gasteiger partial charge in [-0.25, -0.2) is 4.98 Å². The Hall–Kier alpha value is -1.81. The molecule has 1 aromatic carbocycles. The van der Waals surface area contributed by atoms with Crippen LogP contribution in [-0.4, -0.2) is 28.6 Å². The highest BCUT2D eigenvalue weighted by atomic mass is 16.5. The van der Waals surface area contributed by atoms with Crippen LogP contribution < -0.4 is 4.74 Å². The fourth-order valence-corrected chi connectivity index (χ4v) is 3.40. The van der Waals surface area contributed by atoms with Crippen LogP contribution in [0.15, 0.2) is 34.9 Å². The third-order valence-electron chi connectivity index (χ3n) is 4.69. The van der Waals surface area contributed by atoms with Crippen molar-refractivity contribution >= 4 is 0 Å². The van der Waals surface area contributed by atoms with Gasteiger partial charge in [-0.15, -0.1) is 0 Å². The summed E-state index contributed by atoms with van der Waals surface area (Å²) in [6.45, 7) is 8.08. The lowest BCUT2D eigenvalue weighted by molar-refractivity contribution is 0.0938. The first-order chi connectivity index (χ1) is 11.2. The molecule has 2 heterocycles. The molecule has 23 heavy (non-hydrogen) atoms. The normalized spacial score (nSPS) is 22.2. The number of aromatic nitrogens is 1. The number of para-hydroxylation sites is 1. The van der Waals surface area contributed by atoms with Gasteiger partial charge in [-0.3, -0.25) is 4.90 Å². The Morgan fingerprint density at radius 1 is 1.22 bits per heavy atom. The van der Waals surface area contributed by atoms with E-state index >= 15 is 0 Å². The molecule has 0 N–H and O–H groups in total. The van der Waals surface area contributed by atoms with Crippen molar-refractivity contribution in [2.75, 3.05) is 6.61 Å². The molecule has 1 saturated heterocycles. The van der Waals surface area contributed by atoms with Crippen LogP contribution in [0.4, 0.5) is 0 Å². The average Bonchev–Trinajstić information content (AvgIpc) is 3.00. The van der Waals surface area contributed by atoms with Crippen molar-refractivity contribution in [3.63, 3.8) is 0 Å². The van der Waals surface area contributed by atoms with E-state index in [-0.39, 0.29) is 0 Å². The summed E-state index contributed by atoms with van der Waals surface area (Å²) >= 11 is 0. The maximum Gasteiger partial charge on any atom is 0.229 e. The number of oxazole rings is 1. The third kappa shape index (κ3) is 3.58. The first kappa shape index (κ1) is 16.1. The van der Waals surface area contributed by atoms with Gasteiger partial charge in [-0.1, -0.05) is 18.6 Å². The molecule has 4 nitrogen and oxygen atoms in total. The molecule has 0 radical (unpaired) electrons. The third-order valence-corrected chi connectivity index (χ3v) is 4.69. The van der Waals surface area contributed by atoms with Gasteiger partial charge in [0.15, 0.2) is 0 Å². The molecule has 0 amide bonds. The summed E-state index contributed by atoms with van der Waals surface area (Å²) in [6.07, 6.45) is 5.64. The van der Waals surface area contributed by atoms with Crippen molar-refractivity contribution in [1.29, 1.82) is 0 Å². The van der Waals surface area contributed by atoms with Crippen molar-refractivity contribution in [3.8, 4) is 17.2 Å². The van der Waals surface area contributed by atoms with Crippen LogP contribution in [0, 0.1) is 0 Å². The van der Waals surface area contributed by atoms with E-state index in [0.717, 1.165) is 23.6 Å². The Kier molecular flexibility index (Phi) is 5.01. The quantitative estimate of drug-likeness (QED) is 0.814. The van der Waals surface area contributed by atoms with Gasteiger partial charge in [0.1, 0.15) is 12.0 Å². The second-order valence-corrected chi connectivity index (χ2v) is 6.37. The Morgan fingerprint density at radius 3 is 2.70 bits per heavy atom. The van der Waals surface area contributed by atoms with Gasteiger partial charge in [0.05, 0.1) is 17.9 Å². The number of nitrogens with zero attached hydrogens (tertiary/aromatic N) is 2. The SMILES string of the molecule is CCOc1ccccc1-c1nc(CN2[C@H](C)CCC[C@@H]2C)co1. The number of piperidine rings is 1. The monoisotopic (exact) mass is 314 g/mol. The van der Waals surface area contributed by atoms with E-state index in [1.54, 1.807) is 6.26 Å². The summed E-state index contributed by atoms with van der Waals surface area (Å²) in [6, 6.07) is 9.11. The van der Waals surface area contributed by atoms with Gasteiger partial charge in [0, 0.05) is 18.6 Å². The maximum absolute atomic E-state index is 5.73. The number of rotatable bonds is 5. The van der Waals surface area contributed by atoms with Crippen LogP contribution in [0.25, 0.3) is 11.5 Å².